The largest absolute Gasteiger partial charge is 0.326 e. The summed E-state index contributed by atoms with van der Waals surface area (Å²) in [5, 5.41) is 2.55. The Hall–Kier alpha value is -0.280. The summed E-state index contributed by atoms with van der Waals surface area (Å²) in [5.74, 6) is 0. The quantitative estimate of drug-likeness (QED) is 0.779. The van der Waals surface area contributed by atoms with Crippen LogP contribution in [0.3, 0.4) is 0 Å². The molecule has 1 aromatic carbocycles. The third-order valence-electron chi connectivity index (χ3n) is 2.48. The van der Waals surface area contributed by atoms with Crippen LogP contribution in [0.1, 0.15) is 18.0 Å². The molecule has 76 valence electrons. The predicted molar refractivity (Wildman–Crippen MR) is 59.8 cm³/mol. The lowest BCUT2D eigenvalue weighted by Crippen LogP contribution is -2.28. The molecule has 0 saturated carbocycles. The number of hydrogen-bond acceptors (Lipinski definition) is 2. The smallest absolute Gasteiger partial charge is 0.123 e. The zero-order valence-electron chi connectivity index (χ0n) is 8.58. The minimum atomic E-state index is -0.0697. The third-order valence-corrected chi connectivity index (χ3v) is 3.22. The van der Waals surface area contributed by atoms with E-state index in [9.17, 15) is 0 Å². The average Bonchev–Trinajstić information content (AvgIpc) is 2.52. The summed E-state index contributed by atoms with van der Waals surface area (Å²) in [4.78, 5) is 0. The molecule has 0 bridgehead atoms. The standard InChI is InChI=1S/C10H12Cl2N2/c11-7-2-1-6(5-8(7)12)10-9(13)3-4-14-10/h1-2,5,9-10,14H,3-4,13H2/t9?,10-/m1/s1/i/hD. The molecule has 1 aromatic rings. The van der Waals surface area contributed by atoms with E-state index in [-0.39, 0.29) is 12.1 Å². The van der Waals surface area contributed by atoms with Crippen molar-refractivity contribution in [1.82, 2.24) is 5.31 Å². The molecule has 0 spiro atoms. The van der Waals surface area contributed by atoms with Gasteiger partial charge in [0.2, 0.25) is 0 Å². The summed E-state index contributed by atoms with van der Waals surface area (Å²) in [6.07, 6.45) is 0.842. The molecule has 0 aromatic heterocycles. The zero-order chi connectivity index (χ0) is 11.0. The van der Waals surface area contributed by atoms with E-state index in [4.69, 9.17) is 30.3 Å². The third kappa shape index (κ3) is 1.89. The average molecular weight is 232 g/mol. The van der Waals surface area contributed by atoms with Gasteiger partial charge in [-0.1, -0.05) is 29.3 Å². The van der Waals surface area contributed by atoms with Gasteiger partial charge in [0.1, 0.15) is 1.41 Å². The lowest BCUT2D eigenvalue weighted by molar-refractivity contribution is 0.571. The first kappa shape index (κ1) is 8.98. The van der Waals surface area contributed by atoms with Crippen molar-refractivity contribution in [2.24, 2.45) is 5.73 Å². The Morgan fingerprint density at radius 3 is 2.79 bits per heavy atom. The van der Waals surface area contributed by atoms with Crippen LogP contribution < -0.4 is 11.0 Å². The van der Waals surface area contributed by atoms with E-state index in [1.165, 1.54) is 5.31 Å². The van der Waals surface area contributed by atoms with Gasteiger partial charge in [-0.15, -0.1) is 0 Å². The number of hydrogen-bond donors (Lipinski definition) is 2. The molecule has 0 radical (unpaired) electrons. The highest BCUT2D eigenvalue weighted by Crippen LogP contribution is 2.28. The molecule has 1 unspecified atom stereocenters. The molecule has 0 aliphatic carbocycles. The molecule has 2 rings (SSSR count). The first-order valence-electron chi connectivity index (χ1n) is 5.00. The maximum Gasteiger partial charge on any atom is 0.123 e. The Balaban J connectivity index is 2.32. The maximum absolute atomic E-state index is 7.76. The Morgan fingerprint density at radius 1 is 1.43 bits per heavy atom. The summed E-state index contributed by atoms with van der Waals surface area (Å²) in [6.45, 7) is 0.700. The van der Waals surface area contributed by atoms with E-state index >= 15 is 0 Å². The van der Waals surface area contributed by atoms with Crippen molar-refractivity contribution in [1.29, 1.82) is 0 Å². The minimum Gasteiger partial charge on any atom is -0.326 e. The van der Waals surface area contributed by atoms with Gasteiger partial charge in [-0.3, -0.25) is 0 Å². The Kier molecular flexibility index (Phi) is 2.61. The van der Waals surface area contributed by atoms with Crippen molar-refractivity contribution in [3.05, 3.63) is 33.8 Å². The summed E-state index contributed by atoms with van der Waals surface area (Å²) in [6, 6.07) is 5.35. The predicted octanol–water partition coefficient (Wildman–Crippen LogP) is 2.36. The SMILES string of the molecule is [2H]N1CCC(N)[C@H]1c1ccc(Cl)c(Cl)c1. The van der Waals surface area contributed by atoms with Crippen molar-refractivity contribution in [2.45, 2.75) is 18.5 Å². The molecule has 1 heterocycles. The van der Waals surface area contributed by atoms with Gasteiger partial charge in [0.25, 0.3) is 0 Å². The Morgan fingerprint density at radius 2 is 2.21 bits per heavy atom. The second-order valence-corrected chi connectivity index (χ2v) is 4.29. The van der Waals surface area contributed by atoms with Crippen LogP contribution in [0, 0.1) is 0 Å². The summed E-state index contributed by atoms with van der Waals surface area (Å²) in [5.41, 5.74) is 6.91. The summed E-state index contributed by atoms with van der Waals surface area (Å²) >= 11 is 11.8. The van der Waals surface area contributed by atoms with E-state index in [0.29, 0.717) is 16.6 Å². The van der Waals surface area contributed by atoms with Crippen LogP contribution in [0.2, 0.25) is 11.5 Å². The molecule has 2 atom stereocenters. The Bertz CT molecular complexity index is 362. The second kappa shape index (κ2) is 4.07. The van der Waals surface area contributed by atoms with Crippen LogP contribution in [0.25, 0.3) is 0 Å². The van der Waals surface area contributed by atoms with Crippen LogP contribution in [0.5, 0.6) is 0 Å². The van der Waals surface area contributed by atoms with Crippen molar-refractivity contribution >= 4 is 23.2 Å². The van der Waals surface area contributed by atoms with E-state index in [1.54, 1.807) is 12.1 Å². The topological polar surface area (TPSA) is 38.0 Å². The van der Waals surface area contributed by atoms with Gasteiger partial charge in [-0.2, -0.15) is 0 Å². The zero-order valence-corrected chi connectivity index (χ0v) is 9.09. The summed E-state index contributed by atoms with van der Waals surface area (Å²) in [7, 11) is 0. The monoisotopic (exact) mass is 231 g/mol. The van der Waals surface area contributed by atoms with Crippen molar-refractivity contribution in [3.8, 4) is 0 Å². The van der Waals surface area contributed by atoms with Gasteiger partial charge in [0, 0.05) is 12.1 Å². The van der Waals surface area contributed by atoms with Gasteiger partial charge in [-0.25, -0.2) is 0 Å². The van der Waals surface area contributed by atoms with Crippen molar-refractivity contribution < 1.29 is 1.41 Å². The van der Waals surface area contributed by atoms with Gasteiger partial charge in [-0.05, 0) is 30.7 Å². The fraction of sp³-hybridized carbons (Fsp3) is 0.400. The van der Waals surface area contributed by atoms with Gasteiger partial charge >= 0.3 is 0 Å². The van der Waals surface area contributed by atoms with E-state index in [0.717, 1.165) is 12.0 Å². The number of rotatable bonds is 1. The number of halogens is 2. The van der Waals surface area contributed by atoms with Crippen LogP contribution in [-0.4, -0.2) is 12.6 Å². The number of nitrogens with two attached hydrogens (primary N) is 1. The van der Waals surface area contributed by atoms with Crippen molar-refractivity contribution in [3.63, 3.8) is 0 Å². The molecule has 0 amide bonds. The van der Waals surface area contributed by atoms with Gasteiger partial charge < -0.3 is 11.0 Å². The summed E-state index contributed by atoms with van der Waals surface area (Å²) < 4.78 is 7.76. The fourth-order valence-corrected chi connectivity index (χ4v) is 2.01. The first-order valence-corrected chi connectivity index (χ1v) is 5.31. The van der Waals surface area contributed by atoms with Crippen LogP contribution >= 0.6 is 23.2 Å². The van der Waals surface area contributed by atoms with E-state index in [1.807, 2.05) is 6.07 Å². The molecule has 1 fully saturated rings. The van der Waals surface area contributed by atoms with Crippen molar-refractivity contribution in [2.75, 3.05) is 6.54 Å². The van der Waals surface area contributed by atoms with Gasteiger partial charge in [0.15, 0.2) is 0 Å². The van der Waals surface area contributed by atoms with Crippen LogP contribution in [-0.2, 0) is 0 Å². The Labute approximate surface area is 94.8 Å². The molecular weight excluding hydrogens is 219 g/mol. The first-order chi connectivity index (χ1) is 7.09. The molecule has 1 aliphatic heterocycles. The lowest BCUT2D eigenvalue weighted by Gasteiger charge is -2.16. The highest BCUT2D eigenvalue weighted by atomic mass is 35.5. The molecule has 1 saturated heterocycles. The van der Waals surface area contributed by atoms with Gasteiger partial charge in [0.05, 0.1) is 10.0 Å². The molecular formula is C10H12Cl2N2. The highest BCUT2D eigenvalue weighted by molar-refractivity contribution is 6.42. The van der Waals surface area contributed by atoms with E-state index in [2.05, 4.69) is 0 Å². The number of nitrogens with one attached hydrogen (secondary N) is 1. The molecule has 4 heteroatoms. The molecule has 1 aliphatic rings. The maximum atomic E-state index is 7.76. The normalized spacial score (nSPS) is 29.2. The molecule has 2 nitrogen and oxygen atoms in total. The fourth-order valence-electron chi connectivity index (χ4n) is 1.70. The lowest BCUT2D eigenvalue weighted by atomic mass is 10.0. The minimum absolute atomic E-state index is 0.000239. The molecule has 14 heavy (non-hydrogen) atoms. The van der Waals surface area contributed by atoms with Crippen LogP contribution in [0.15, 0.2) is 18.2 Å². The van der Waals surface area contributed by atoms with E-state index < -0.39 is 0 Å². The number of benzene rings is 1. The molecule has 3 N–H and O–H groups in total. The highest BCUT2D eigenvalue weighted by Gasteiger charge is 2.24. The second-order valence-electron chi connectivity index (χ2n) is 3.48. The van der Waals surface area contributed by atoms with Crippen LogP contribution in [0.4, 0.5) is 0 Å².